The van der Waals surface area contributed by atoms with Crippen molar-refractivity contribution in [2.75, 3.05) is 6.61 Å². The number of aromatic nitrogens is 2. The minimum absolute atomic E-state index is 0.000378. The molecule has 102 valence electrons. The van der Waals surface area contributed by atoms with Gasteiger partial charge in [0, 0.05) is 37.5 Å². The molecule has 0 amide bonds. The maximum Gasteiger partial charge on any atom is 0.0641 e. The lowest BCUT2D eigenvalue weighted by Gasteiger charge is -2.37. The third-order valence-electron chi connectivity index (χ3n) is 3.70. The van der Waals surface area contributed by atoms with Gasteiger partial charge in [-0.05, 0) is 40.5 Å². The first-order valence-electron chi connectivity index (χ1n) is 6.77. The van der Waals surface area contributed by atoms with Crippen LogP contribution in [-0.2, 0) is 11.8 Å². The molecular weight excluding hydrogens is 226 g/mol. The van der Waals surface area contributed by atoms with Crippen LogP contribution in [0.3, 0.4) is 0 Å². The molecule has 0 spiro atoms. The molecule has 1 aromatic heterocycles. The van der Waals surface area contributed by atoms with Gasteiger partial charge in [0.25, 0.3) is 0 Å². The van der Waals surface area contributed by atoms with Crippen LogP contribution in [0.25, 0.3) is 0 Å². The summed E-state index contributed by atoms with van der Waals surface area (Å²) >= 11 is 0. The topological polar surface area (TPSA) is 39.1 Å². The zero-order chi connectivity index (χ0) is 13.3. The van der Waals surface area contributed by atoms with Crippen LogP contribution in [0.1, 0.15) is 50.9 Å². The Kier molecular flexibility index (Phi) is 3.78. The fourth-order valence-electron chi connectivity index (χ4n) is 2.86. The highest BCUT2D eigenvalue weighted by molar-refractivity contribution is 5.19. The Morgan fingerprint density at radius 1 is 1.56 bits per heavy atom. The zero-order valence-corrected chi connectivity index (χ0v) is 12.2. The van der Waals surface area contributed by atoms with Gasteiger partial charge in [-0.1, -0.05) is 0 Å². The molecule has 1 aromatic rings. The summed E-state index contributed by atoms with van der Waals surface area (Å²) in [5.41, 5.74) is 2.41. The van der Waals surface area contributed by atoms with Gasteiger partial charge < -0.3 is 10.1 Å². The second-order valence-electron chi connectivity index (χ2n) is 6.03. The van der Waals surface area contributed by atoms with E-state index in [1.165, 1.54) is 5.56 Å². The molecule has 2 heterocycles. The maximum atomic E-state index is 5.75. The van der Waals surface area contributed by atoms with E-state index in [1.807, 2.05) is 11.7 Å². The molecule has 2 unspecified atom stereocenters. The first-order chi connectivity index (χ1) is 8.37. The van der Waals surface area contributed by atoms with Crippen LogP contribution < -0.4 is 5.32 Å². The standard InChI is InChI=1S/C14H25N3O/c1-10(13-9-17(5)16-11(13)2)15-12-6-7-18-14(3,4)8-12/h9-10,12,15H,6-8H2,1-5H3. The van der Waals surface area contributed by atoms with Crippen LogP contribution in [0.5, 0.6) is 0 Å². The fourth-order valence-corrected chi connectivity index (χ4v) is 2.86. The summed E-state index contributed by atoms with van der Waals surface area (Å²) in [6.07, 6.45) is 4.27. The van der Waals surface area contributed by atoms with Crippen molar-refractivity contribution in [3.05, 3.63) is 17.5 Å². The fraction of sp³-hybridized carbons (Fsp3) is 0.786. The molecule has 0 bridgehead atoms. The maximum absolute atomic E-state index is 5.75. The van der Waals surface area contributed by atoms with Crippen molar-refractivity contribution in [3.63, 3.8) is 0 Å². The van der Waals surface area contributed by atoms with Gasteiger partial charge >= 0.3 is 0 Å². The van der Waals surface area contributed by atoms with E-state index in [1.54, 1.807) is 0 Å². The van der Waals surface area contributed by atoms with Gasteiger partial charge in [0.1, 0.15) is 0 Å². The van der Waals surface area contributed by atoms with Gasteiger partial charge in [-0.15, -0.1) is 0 Å². The van der Waals surface area contributed by atoms with Gasteiger partial charge in [0.15, 0.2) is 0 Å². The number of aryl methyl sites for hydroxylation is 2. The van der Waals surface area contributed by atoms with Gasteiger partial charge in [-0.25, -0.2) is 0 Å². The summed E-state index contributed by atoms with van der Waals surface area (Å²) in [5.74, 6) is 0. The lowest BCUT2D eigenvalue weighted by molar-refractivity contribution is -0.0640. The Hall–Kier alpha value is -0.870. The predicted octanol–water partition coefficient (Wildman–Crippen LogP) is 2.34. The Morgan fingerprint density at radius 2 is 2.28 bits per heavy atom. The molecule has 1 aliphatic rings. The highest BCUT2D eigenvalue weighted by Gasteiger charge is 2.29. The lowest BCUT2D eigenvalue weighted by Crippen LogP contribution is -2.44. The minimum atomic E-state index is -0.000378. The quantitative estimate of drug-likeness (QED) is 0.896. The first kappa shape index (κ1) is 13.6. The van der Waals surface area contributed by atoms with Crippen LogP contribution in [-0.4, -0.2) is 28.0 Å². The second kappa shape index (κ2) is 5.02. The van der Waals surface area contributed by atoms with Gasteiger partial charge in [-0.3, -0.25) is 4.68 Å². The van der Waals surface area contributed by atoms with Crippen molar-refractivity contribution < 1.29 is 4.74 Å². The average molecular weight is 251 g/mol. The van der Waals surface area contributed by atoms with E-state index in [2.05, 4.69) is 44.3 Å². The molecule has 2 atom stereocenters. The molecule has 2 rings (SSSR count). The molecule has 1 aliphatic heterocycles. The van der Waals surface area contributed by atoms with Gasteiger partial charge in [-0.2, -0.15) is 5.10 Å². The zero-order valence-electron chi connectivity index (χ0n) is 12.2. The molecule has 1 N–H and O–H groups in total. The molecule has 1 fully saturated rings. The van der Waals surface area contributed by atoms with Crippen molar-refractivity contribution in [2.24, 2.45) is 7.05 Å². The van der Waals surface area contributed by atoms with Crippen molar-refractivity contribution in [1.29, 1.82) is 0 Å². The summed E-state index contributed by atoms with van der Waals surface area (Å²) in [7, 11) is 1.97. The molecular formula is C14H25N3O. The van der Waals surface area contributed by atoms with E-state index in [9.17, 15) is 0 Å². The van der Waals surface area contributed by atoms with Crippen LogP contribution in [0, 0.1) is 6.92 Å². The van der Waals surface area contributed by atoms with Crippen LogP contribution >= 0.6 is 0 Å². The lowest BCUT2D eigenvalue weighted by atomic mass is 9.93. The number of nitrogens with zero attached hydrogens (tertiary/aromatic N) is 2. The van der Waals surface area contributed by atoms with Gasteiger partial charge in [0.05, 0.1) is 11.3 Å². The number of rotatable bonds is 3. The van der Waals surface area contributed by atoms with Crippen molar-refractivity contribution >= 4 is 0 Å². The smallest absolute Gasteiger partial charge is 0.0641 e. The Bertz CT molecular complexity index is 411. The van der Waals surface area contributed by atoms with Crippen molar-refractivity contribution in [1.82, 2.24) is 15.1 Å². The highest BCUT2D eigenvalue weighted by Crippen LogP contribution is 2.26. The third kappa shape index (κ3) is 3.12. The van der Waals surface area contributed by atoms with E-state index in [-0.39, 0.29) is 5.60 Å². The summed E-state index contributed by atoms with van der Waals surface area (Å²) in [4.78, 5) is 0. The monoisotopic (exact) mass is 251 g/mol. The van der Waals surface area contributed by atoms with Gasteiger partial charge in [0.2, 0.25) is 0 Å². The SMILES string of the molecule is Cc1nn(C)cc1C(C)NC1CCOC(C)(C)C1. The number of nitrogens with one attached hydrogen (secondary N) is 1. The molecule has 0 radical (unpaired) electrons. The Morgan fingerprint density at radius 3 is 2.83 bits per heavy atom. The third-order valence-corrected chi connectivity index (χ3v) is 3.70. The molecule has 4 nitrogen and oxygen atoms in total. The summed E-state index contributed by atoms with van der Waals surface area (Å²) in [6, 6.07) is 0.876. The molecule has 0 aliphatic carbocycles. The normalized spacial score (nSPS) is 25.1. The molecule has 0 saturated carbocycles. The highest BCUT2D eigenvalue weighted by atomic mass is 16.5. The predicted molar refractivity (Wildman–Crippen MR) is 72.5 cm³/mol. The first-order valence-corrected chi connectivity index (χ1v) is 6.77. The van der Waals surface area contributed by atoms with Crippen molar-refractivity contribution in [2.45, 2.75) is 58.2 Å². The Labute approximate surface area is 110 Å². The average Bonchev–Trinajstić information content (AvgIpc) is 2.56. The second-order valence-corrected chi connectivity index (χ2v) is 6.03. The van der Waals surface area contributed by atoms with Crippen LogP contribution in [0.2, 0.25) is 0 Å². The van der Waals surface area contributed by atoms with E-state index in [4.69, 9.17) is 4.74 Å². The molecule has 1 saturated heterocycles. The molecule has 18 heavy (non-hydrogen) atoms. The minimum Gasteiger partial charge on any atom is -0.375 e. The summed E-state index contributed by atoms with van der Waals surface area (Å²) in [5, 5.41) is 8.12. The summed E-state index contributed by atoms with van der Waals surface area (Å²) < 4.78 is 7.64. The van der Waals surface area contributed by atoms with Crippen molar-refractivity contribution in [3.8, 4) is 0 Å². The van der Waals surface area contributed by atoms with E-state index in [0.29, 0.717) is 12.1 Å². The van der Waals surface area contributed by atoms with E-state index >= 15 is 0 Å². The summed E-state index contributed by atoms with van der Waals surface area (Å²) in [6.45, 7) is 9.47. The molecule has 0 aromatic carbocycles. The Balaban J connectivity index is 1.99. The van der Waals surface area contributed by atoms with Crippen LogP contribution in [0.15, 0.2) is 6.20 Å². The van der Waals surface area contributed by atoms with E-state index in [0.717, 1.165) is 25.1 Å². The molecule has 4 heteroatoms. The van der Waals surface area contributed by atoms with E-state index < -0.39 is 0 Å². The number of hydrogen-bond donors (Lipinski definition) is 1. The number of hydrogen-bond acceptors (Lipinski definition) is 3. The largest absolute Gasteiger partial charge is 0.375 e. The van der Waals surface area contributed by atoms with Crippen LogP contribution in [0.4, 0.5) is 0 Å². The number of ether oxygens (including phenoxy) is 1.